The number of hydrogen-bond acceptors (Lipinski definition) is 0. The summed E-state index contributed by atoms with van der Waals surface area (Å²) in [6.07, 6.45) is 5.06. The van der Waals surface area contributed by atoms with Gasteiger partial charge in [0, 0.05) is 11.8 Å². The van der Waals surface area contributed by atoms with Crippen molar-refractivity contribution in [3.8, 4) is 0 Å². The minimum absolute atomic E-state index is 0. The van der Waals surface area contributed by atoms with E-state index in [4.69, 9.17) is 0 Å². The van der Waals surface area contributed by atoms with Crippen molar-refractivity contribution >= 4 is 11.1 Å². The van der Waals surface area contributed by atoms with Crippen LogP contribution in [-0.2, 0) is 0 Å². The molecule has 3 aliphatic rings. The third-order valence-electron chi connectivity index (χ3n) is 6.69. The Kier molecular flexibility index (Phi) is 5.82. The number of allylic oxidation sites excluding steroid dienone is 4. The quantitative estimate of drug-likeness (QED) is 0.632. The second kappa shape index (κ2) is 7.62. The molecule has 1 fully saturated rings. The van der Waals surface area contributed by atoms with Gasteiger partial charge in [0.15, 0.2) is 0 Å². The molecular formula is C24H26Li2. The van der Waals surface area contributed by atoms with Gasteiger partial charge in [-0.15, -0.1) is 0 Å². The van der Waals surface area contributed by atoms with E-state index in [1.54, 1.807) is 33.4 Å². The molecule has 0 spiro atoms. The molecule has 0 radical (unpaired) electrons. The van der Waals surface area contributed by atoms with Crippen LogP contribution in [0.4, 0.5) is 0 Å². The van der Waals surface area contributed by atoms with E-state index in [1.807, 2.05) is 0 Å². The Labute approximate surface area is 184 Å². The first kappa shape index (κ1) is 19.9. The largest absolute Gasteiger partial charge is 1.00 e. The maximum absolute atomic E-state index is 2.36. The summed E-state index contributed by atoms with van der Waals surface area (Å²) in [6, 6.07) is 18.2. The normalized spacial score (nSPS) is 23.0. The van der Waals surface area contributed by atoms with Gasteiger partial charge in [-0.3, -0.25) is 0 Å². The van der Waals surface area contributed by atoms with Crippen molar-refractivity contribution in [1.82, 2.24) is 0 Å². The van der Waals surface area contributed by atoms with Crippen molar-refractivity contribution in [2.45, 2.75) is 51.4 Å². The standard InChI is InChI=1S/C24H24.2Li.2H/c1-15-17-7-3-5-9-21(17)23-14-12-20-16(2)18-8-4-6-10-22(18)24(20)13-11-19(15)23;;;;/h3-10,23-24H,11-14H2,1-2H3;;;;/q;2*+1;2*-1. The molecule has 2 heteroatoms. The van der Waals surface area contributed by atoms with E-state index < -0.39 is 0 Å². The SMILES string of the molecule is CC1=C2CCC3C(=C(C)c4ccccc43)CCC2c2ccccc21.[H-].[H-].[Li+].[Li+]. The van der Waals surface area contributed by atoms with Gasteiger partial charge < -0.3 is 2.85 Å². The van der Waals surface area contributed by atoms with E-state index >= 15 is 0 Å². The Hall–Kier alpha value is -0.885. The zero-order valence-electron chi connectivity index (χ0n) is 18.6. The van der Waals surface area contributed by atoms with E-state index in [0.717, 1.165) is 0 Å². The monoisotopic (exact) mass is 328 g/mol. The van der Waals surface area contributed by atoms with Gasteiger partial charge >= 0.3 is 37.7 Å². The molecule has 0 heterocycles. The number of rotatable bonds is 0. The van der Waals surface area contributed by atoms with Gasteiger partial charge in [-0.1, -0.05) is 59.7 Å². The van der Waals surface area contributed by atoms with Crippen LogP contribution in [0, 0.1) is 0 Å². The van der Waals surface area contributed by atoms with E-state index in [1.165, 1.54) is 36.8 Å². The van der Waals surface area contributed by atoms with Gasteiger partial charge in [-0.2, -0.15) is 0 Å². The van der Waals surface area contributed by atoms with Crippen LogP contribution in [0.2, 0.25) is 0 Å². The molecule has 2 unspecified atom stereocenters. The summed E-state index contributed by atoms with van der Waals surface area (Å²) in [4.78, 5) is 0. The minimum Gasteiger partial charge on any atom is -1.00 e. The first-order valence-electron chi connectivity index (χ1n) is 9.33. The number of fused-ring (bicyclic) bond motifs is 6. The molecule has 5 rings (SSSR count). The Balaban J connectivity index is 0.000000980. The predicted octanol–water partition coefficient (Wildman–Crippen LogP) is 0.935. The van der Waals surface area contributed by atoms with Gasteiger partial charge in [0.25, 0.3) is 0 Å². The van der Waals surface area contributed by atoms with Crippen LogP contribution >= 0.6 is 0 Å². The Morgan fingerprint density at radius 2 is 1.04 bits per heavy atom. The van der Waals surface area contributed by atoms with Crippen molar-refractivity contribution in [2.24, 2.45) is 0 Å². The first-order valence-corrected chi connectivity index (χ1v) is 9.33. The van der Waals surface area contributed by atoms with E-state index in [-0.39, 0.29) is 40.6 Å². The topological polar surface area (TPSA) is 0 Å². The summed E-state index contributed by atoms with van der Waals surface area (Å²) in [5.41, 5.74) is 12.7. The molecule has 124 valence electrons. The van der Waals surface area contributed by atoms with Crippen LogP contribution in [0.1, 0.15) is 76.5 Å². The van der Waals surface area contributed by atoms with Crippen LogP contribution in [0.3, 0.4) is 0 Å². The van der Waals surface area contributed by atoms with Crippen molar-refractivity contribution < 1.29 is 40.6 Å². The average Bonchev–Trinajstić information content (AvgIpc) is 3.01. The molecule has 0 saturated heterocycles. The van der Waals surface area contributed by atoms with Crippen molar-refractivity contribution in [1.29, 1.82) is 0 Å². The Morgan fingerprint density at radius 1 is 0.654 bits per heavy atom. The summed E-state index contributed by atoms with van der Waals surface area (Å²) < 4.78 is 0. The Bertz CT molecular complexity index is 839. The number of benzene rings is 2. The fourth-order valence-electron chi connectivity index (χ4n) is 5.51. The number of hydrogen-bond donors (Lipinski definition) is 0. The minimum atomic E-state index is 0. The smallest absolute Gasteiger partial charge is 1.00 e. The van der Waals surface area contributed by atoms with Gasteiger partial charge in [0.2, 0.25) is 0 Å². The molecular weight excluding hydrogens is 302 g/mol. The fraction of sp³-hybridized carbons (Fsp3) is 0.333. The summed E-state index contributed by atoms with van der Waals surface area (Å²) in [5.74, 6) is 1.32. The zero-order chi connectivity index (χ0) is 16.3. The van der Waals surface area contributed by atoms with Gasteiger partial charge in [0.1, 0.15) is 0 Å². The molecule has 3 aliphatic carbocycles. The molecule has 0 aliphatic heterocycles. The van der Waals surface area contributed by atoms with Gasteiger partial charge in [-0.25, -0.2) is 0 Å². The Morgan fingerprint density at radius 3 is 1.46 bits per heavy atom. The maximum Gasteiger partial charge on any atom is 1.00 e. The van der Waals surface area contributed by atoms with Gasteiger partial charge in [-0.05, 0) is 72.9 Å². The van der Waals surface area contributed by atoms with Crippen molar-refractivity contribution in [3.05, 3.63) is 81.9 Å². The summed E-state index contributed by atoms with van der Waals surface area (Å²) in [7, 11) is 0. The van der Waals surface area contributed by atoms with E-state index in [2.05, 4.69) is 62.4 Å². The van der Waals surface area contributed by atoms with Crippen molar-refractivity contribution in [3.63, 3.8) is 0 Å². The van der Waals surface area contributed by atoms with Crippen LogP contribution < -0.4 is 37.7 Å². The summed E-state index contributed by atoms with van der Waals surface area (Å²) in [5, 5.41) is 0. The van der Waals surface area contributed by atoms with Crippen molar-refractivity contribution in [2.75, 3.05) is 0 Å². The second-order valence-corrected chi connectivity index (χ2v) is 7.66. The molecule has 0 N–H and O–H groups in total. The van der Waals surface area contributed by atoms with Crippen LogP contribution in [-0.4, -0.2) is 0 Å². The zero-order valence-corrected chi connectivity index (χ0v) is 16.6. The summed E-state index contributed by atoms with van der Waals surface area (Å²) >= 11 is 0. The van der Waals surface area contributed by atoms with E-state index in [0.29, 0.717) is 11.8 Å². The second-order valence-electron chi connectivity index (χ2n) is 7.66. The fourth-order valence-corrected chi connectivity index (χ4v) is 5.51. The first-order chi connectivity index (χ1) is 11.8. The molecule has 0 bridgehead atoms. The third-order valence-corrected chi connectivity index (χ3v) is 6.69. The maximum atomic E-state index is 2.36. The summed E-state index contributed by atoms with van der Waals surface area (Å²) in [6.45, 7) is 4.70. The van der Waals surface area contributed by atoms with Crippen LogP contribution in [0.15, 0.2) is 59.7 Å². The molecule has 26 heavy (non-hydrogen) atoms. The van der Waals surface area contributed by atoms with Gasteiger partial charge in [0.05, 0.1) is 0 Å². The van der Waals surface area contributed by atoms with Crippen LogP contribution in [0.25, 0.3) is 11.1 Å². The van der Waals surface area contributed by atoms with E-state index in [9.17, 15) is 0 Å². The molecule has 1 saturated carbocycles. The molecule has 2 aromatic rings. The molecule has 2 atom stereocenters. The molecule has 2 aromatic carbocycles. The molecule has 0 aromatic heterocycles. The van der Waals surface area contributed by atoms with Crippen LogP contribution in [0.5, 0.6) is 0 Å². The predicted molar refractivity (Wildman–Crippen MR) is 104 cm³/mol. The average molecular weight is 328 g/mol. The molecule has 0 nitrogen and oxygen atoms in total. The molecule has 0 amide bonds. The third kappa shape index (κ3) is 2.84.